The average molecular weight is 241 g/mol. The summed E-state index contributed by atoms with van der Waals surface area (Å²) in [6.45, 7) is 0.627. The Labute approximate surface area is 95.8 Å². The highest BCUT2D eigenvalue weighted by atomic mass is 19.1. The average Bonchev–Trinajstić information content (AvgIpc) is 2.28. The summed E-state index contributed by atoms with van der Waals surface area (Å²) in [6, 6.07) is 2.73. The highest BCUT2D eigenvalue weighted by molar-refractivity contribution is 6.02. The topological polar surface area (TPSA) is 47.6 Å². The second-order valence-electron chi connectivity index (χ2n) is 3.31. The van der Waals surface area contributed by atoms with E-state index in [0.29, 0.717) is 6.61 Å². The zero-order valence-electron chi connectivity index (χ0n) is 8.70. The van der Waals surface area contributed by atoms with Crippen LogP contribution in [0, 0.1) is 11.6 Å². The lowest BCUT2D eigenvalue weighted by Crippen LogP contribution is -2.21. The second-order valence-corrected chi connectivity index (χ2v) is 3.31. The maximum absolute atomic E-state index is 12.9. The van der Waals surface area contributed by atoms with E-state index in [1.807, 2.05) is 0 Å². The summed E-state index contributed by atoms with van der Waals surface area (Å²) in [5, 5.41) is 2.30. The number of hydrogen-bond donors (Lipinski definition) is 1. The molecule has 6 heteroatoms. The predicted molar refractivity (Wildman–Crippen MR) is 55.0 cm³/mol. The van der Waals surface area contributed by atoms with Crippen LogP contribution in [0.15, 0.2) is 30.2 Å². The van der Waals surface area contributed by atoms with Gasteiger partial charge in [-0.15, -0.1) is 0 Å². The summed E-state index contributed by atoms with van der Waals surface area (Å²) >= 11 is 0. The van der Waals surface area contributed by atoms with Crippen molar-refractivity contribution in [1.82, 2.24) is 0 Å². The number of halogens is 2. The summed E-state index contributed by atoms with van der Waals surface area (Å²) < 4.78 is 35.6. The first kappa shape index (κ1) is 11.4. The normalized spacial score (nSPS) is 14.4. The SMILES string of the molecule is O=C(Nc1cc(F)cc(F)c1)C1=COCCO1. The Balaban J connectivity index is 2.09. The molecule has 1 aliphatic heterocycles. The molecule has 1 aromatic rings. The Morgan fingerprint density at radius 1 is 1.18 bits per heavy atom. The maximum atomic E-state index is 12.9. The number of amides is 1. The van der Waals surface area contributed by atoms with Crippen LogP contribution in [-0.4, -0.2) is 19.1 Å². The largest absolute Gasteiger partial charge is 0.494 e. The van der Waals surface area contributed by atoms with Gasteiger partial charge in [0.2, 0.25) is 5.76 Å². The smallest absolute Gasteiger partial charge is 0.294 e. The highest BCUT2D eigenvalue weighted by Crippen LogP contribution is 2.14. The van der Waals surface area contributed by atoms with Crippen molar-refractivity contribution < 1.29 is 23.0 Å². The van der Waals surface area contributed by atoms with Crippen LogP contribution in [0.3, 0.4) is 0 Å². The van der Waals surface area contributed by atoms with Crippen molar-refractivity contribution in [3.05, 3.63) is 41.9 Å². The molecule has 0 aromatic heterocycles. The Morgan fingerprint density at radius 3 is 2.47 bits per heavy atom. The lowest BCUT2D eigenvalue weighted by molar-refractivity contribution is -0.117. The summed E-state index contributed by atoms with van der Waals surface area (Å²) in [5.74, 6) is -2.18. The van der Waals surface area contributed by atoms with Gasteiger partial charge in [-0.2, -0.15) is 0 Å². The number of nitrogens with one attached hydrogen (secondary N) is 1. The molecule has 0 spiro atoms. The van der Waals surface area contributed by atoms with E-state index in [1.165, 1.54) is 0 Å². The first-order valence-electron chi connectivity index (χ1n) is 4.87. The van der Waals surface area contributed by atoms with Gasteiger partial charge in [0.05, 0.1) is 0 Å². The lowest BCUT2D eigenvalue weighted by Gasteiger charge is -2.15. The molecule has 4 nitrogen and oxygen atoms in total. The molecule has 17 heavy (non-hydrogen) atoms. The zero-order chi connectivity index (χ0) is 12.3. The Kier molecular flexibility index (Phi) is 3.22. The van der Waals surface area contributed by atoms with E-state index in [-0.39, 0.29) is 18.1 Å². The maximum Gasteiger partial charge on any atom is 0.294 e. The molecule has 1 aliphatic rings. The van der Waals surface area contributed by atoms with Gasteiger partial charge < -0.3 is 14.8 Å². The molecule has 0 saturated carbocycles. The van der Waals surface area contributed by atoms with Gasteiger partial charge in [0.25, 0.3) is 5.91 Å². The van der Waals surface area contributed by atoms with Gasteiger partial charge in [0, 0.05) is 11.8 Å². The van der Waals surface area contributed by atoms with E-state index in [4.69, 9.17) is 9.47 Å². The molecule has 0 fully saturated rings. The van der Waals surface area contributed by atoms with Crippen molar-refractivity contribution in [2.75, 3.05) is 18.5 Å². The number of benzene rings is 1. The Morgan fingerprint density at radius 2 is 1.88 bits per heavy atom. The van der Waals surface area contributed by atoms with E-state index >= 15 is 0 Å². The van der Waals surface area contributed by atoms with Gasteiger partial charge in [-0.1, -0.05) is 0 Å². The van der Waals surface area contributed by atoms with Gasteiger partial charge in [0.15, 0.2) is 0 Å². The molecule has 1 aromatic carbocycles. The number of carbonyl (C=O) groups excluding carboxylic acids is 1. The van der Waals surface area contributed by atoms with Gasteiger partial charge in [0.1, 0.15) is 31.1 Å². The molecule has 2 rings (SSSR count). The highest BCUT2D eigenvalue weighted by Gasteiger charge is 2.15. The third-order valence-electron chi connectivity index (χ3n) is 1.99. The summed E-state index contributed by atoms with van der Waals surface area (Å²) in [4.78, 5) is 11.6. The molecule has 1 N–H and O–H groups in total. The minimum Gasteiger partial charge on any atom is -0.494 e. The van der Waals surface area contributed by atoms with Crippen molar-refractivity contribution in [1.29, 1.82) is 0 Å². The molecule has 90 valence electrons. The van der Waals surface area contributed by atoms with Crippen molar-refractivity contribution in [3.8, 4) is 0 Å². The first-order valence-corrected chi connectivity index (χ1v) is 4.87. The molecule has 0 aliphatic carbocycles. The Hall–Kier alpha value is -2.11. The third-order valence-corrected chi connectivity index (χ3v) is 1.99. The van der Waals surface area contributed by atoms with Gasteiger partial charge in [-0.3, -0.25) is 4.79 Å². The third kappa shape index (κ3) is 2.93. The number of hydrogen-bond acceptors (Lipinski definition) is 3. The molecule has 0 bridgehead atoms. The fourth-order valence-electron chi connectivity index (χ4n) is 1.31. The molecule has 0 saturated heterocycles. The number of ether oxygens (including phenoxy) is 2. The molecular weight excluding hydrogens is 232 g/mol. The van der Waals surface area contributed by atoms with Crippen LogP contribution >= 0.6 is 0 Å². The van der Waals surface area contributed by atoms with E-state index < -0.39 is 17.5 Å². The first-order chi connectivity index (χ1) is 8.15. The predicted octanol–water partition coefficient (Wildman–Crippen LogP) is 1.79. The van der Waals surface area contributed by atoms with Crippen LogP contribution < -0.4 is 5.32 Å². The van der Waals surface area contributed by atoms with Crippen LogP contribution in [0.25, 0.3) is 0 Å². The van der Waals surface area contributed by atoms with Gasteiger partial charge >= 0.3 is 0 Å². The number of rotatable bonds is 2. The van der Waals surface area contributed by atoms with E-state index in [1.54, 1.807) is 0 Å². The monoisotopic (exact) mass is 241 g/mol. The fraction of sp³-hybridized carbons (Fsp3) is 0.182. The van der Waals surface area contributed by atoms with Crippen LogP contribution in [-0.2, 0) is 14.3 Å². The van der Waals surface area contributed by atoms with Crippen LogP contribution in [0.4, 0.5) is 14.5 Å². The fourth-order valence-corrected chi connectivity index (χ4v) is 1.31. The minimum atomic E-state index is -0.768. The molecular formula is C11H9F2NO3. The van der Waals surface area contributed by atoms with Crippen molar-refractivity contribution in [2.24, 2.45) is 0 Å². The van der Waals surface area contributed by atoms with Gasteiger partial charge in [-0.05, 0) is 12.1 Å². The lowest BCUT2D eigenvalue weighted by atomic mass is 10.3. The van der Waals surface area contributed by atoms with Crippen LogP contribution in [0.1, 0.15) is 0 Å². The molecule has 1 heterocycles. The molecule has 0 radical (unpaired) electrons. The van der Waals surface area contributed by atoms with E-state index in [2.05, 4.69) is 5.32 Å². The van der Waals surface area contributed by atoms with Gasteiger partial charge in [-0.25, -0.2) is 8.78 Å². The summed E-state index contributed by atoms with van der Waals surface area (Å²) in [5.41, 5.74) is 0.0163. The summed E-state index contributed by atoms with van der Waals surface area (Å²) in [7, 11) is 0. The second kappa shape index (κ2) is 4.82. The molecule has 0 unspecified atom stereocenters. The molecule has 0 atom stereocenters. The number of carbonyl (C=O) groups is 1. The molecule has 1 amide bonds. The standard InChI is InChI=1S/C11H9F2NO3/c12-7-3-8(13)5-9(4-7)14-11(15)10-6-16-1-2-17-10/h3-6H,1-2H2,(H,14,15). The Bertz CT molecular complexity index is 454. The minimum absolute atomic E-state index is 0.0163. The number of anilines is 1. The quantitative estimate of drug-likeness (QED) is 0.858. The van der Waals surface area contributed by atoms with Crippen molar-refractivity contribution in [3.63, 3.8) is 0 Å². The van der Waals surface area contributed by atoms with E-state index in [9.17, 15) is 13.6 Å². The van der Waals surface area contributed by atoms with E-state index in [0.717, 1.165) is 24.5 Å². The van der Waals surface area contributed by atoms with Crippen LogP contribution in [0.5, 0.6) is 0 Å². The zero-order valence-corrected chi connectivity index (χ0v) is 8.70. The van der Waals surface area contributed by atoms with Crippen molar-refractivity contribution in [2.45, 2.75) is 0 Å². The van der Waals surface area contributed by atoms with Crippen LogP contribution in [0.2, 0.25) is 0 Å². The summed E-state index contributed by atoms with van der Waals surface area (Å²) in [6.07, 6.45) is 1.16. The van der Waals surface area contributed by atoms with Crippen molar-refractivity contribution >= 4 is 11.6 Å².